The number of nitrogens with zero attached hydrogens (tertiary/aromatic N) is 4. The first-order valence-corrected chi connectivity index (χ1v) is 5.97. The van der Waals surface area contributed by atoms with Crippen LogP contribution >= 0.6 is 0 Å². The van der Waals surface area contributed by atoms with E-state index in [1.165, 1.54) is 4.90 Å². The number of nitrogens with one attached hydrogen (secondary N) is 2. The second kappa shape index (κ2) is 5.64. The van der Waals surface area contributed by atoms with E-state index in [1.807, 2.05) is 6.07 Å². The molecule has 1 aromatic carbocycles. The van der Waals surface area contributed by atoms with Gasteiger partial charge in [-0.25, -0.2) is 4.79 Å². The van der Waals surface area contributed by atoms with E-state index in [0.29, 0.717) is 17.9 Å². The summed E-state index contributed by atoms with van der Waals surface area (Å²) in [4.78, 5) is 13.1. The molecule has 0 aliphatic carbocycles. The standard InChI is InChI=1S/C14H10N6O/c1-20-13-9(8-18-14(20)21)3-2-4-11(13)19-12(7-17)10(5-15)6-16/h2-4,19H,8H2,1H3,(H,18,21). The van der Waals surface area contributed by atoms with Crippen molar-refractivity contribution in [3.8, 4) is 18.2 Å². The Labute approximate surface area is 121 Å². The van der Waals surface area contributed by atoms with Gasteiger partial charge in [-0.3, -0.25) is 4.90 Å². The van der Waals surface area contributed by atoms with Crippen molar-refractivity contribution in [3.05, 3.63) is 35.0 Å². The minimum Gasteiger partial charge on any atom is -0.343 e. The summed E-state index contributed by atoms with van der Waals surface area (Å²) in [5, 5.41) is 32.2. The van der Waals surface area contributed by atoms with Crippen molar-refractivity contribution >= 4 is 17.4 Å². The molecule has 0 aromatic heterocycles. The van der Waals surface area contributed by atoms with Gasteiger partial charge in [0.25, 0.3) is 0 Å². The summed E-state index contributed by atoms with van der Waals surface area (Å²) >= 11 is 0. The highest BCUT2D eigenvalue weighted by molar-refractivity contribution is 5.98. The van der Waals surface area contributed by atoms with Crippen LogP contribution in [0.1, 0.15) is 5.56 Å². The SMILES string of the molecule is CN1C(=O)NCc2cccc(NC(C#N)=C(C#N)C#N)c21. The summed E-state index contributed by atoms with van der Waals surface area (Å²) in [5.41, 5.74) is 1.52. The predicted octanol–water partition coefficient (Wildman–Crippen LogP) is 1.58. The smallest absolute Gasteiger partial charge is 0.321 e. The highest BCUT2D eigenvalue weighted by Gasteiger charge is 2.23. The first-order chi connectivity index (χ1) is 10.1. The number of rotatable bonds is 2. The normalized spacial score (nSPS) is 12.1. The number of hydrogen-bond acceptors (Lipinski definition) is 5. The number of fused-ring (bicyclic) bond motifs is 1. The fraction of sp³-hybridized carbons (Fsp3) is 0.143. The molecule has 0 bridgehead atoms. The lowest BCUT2D eigenvalue weighted by Crippen LogP contribution is -2.41. The van der Waals surface area contributed by atoms with Crippen molar-refractivity contribution in [1.29, 1.82) is 15.8 Å². The van der Waals surface area contributed by atoms with E-state index in [-0.39, 0.29) is 17.3 Å². The van der Waals surface area contributed by atoms with Crippen molar-refractivity contribution in [2.45, 2.75) is 6.54 Å². The second-order valence-corrected chi connectivity index (χ2v) is 4.24. The maximum Gasteiger partial charge on any atom is 0.321 e. The zero-order valence-corrected chi connectivity index (χ0v) is 11.1. The Bertz CT molecular complexity index is 743. The molecule has 2 rings (SSSR count). The maximum absolute atomic E-state index is 11.7. The Kier molecular flexibility index (Phi) is 3.74. The van der Waals surface area contributed by atoms with Crippen LogP contribution in [0.4, 0.5) is 16.2 Å². The molecule has 102 valence electrons. The van der Waals surface area contributed by atoms with Crippen LogP contribution < -0.4 is 15.5 Å². The molecule has 0 atom stereocenters. The van der Waals surface area contributed by atoms with E-state index in [0.717, 1.165) is 5.56 Å². The average molecular weight is 278 g/mol. The Morgan fingerprint density at radius 2 is 2.00 bits per heavy atom. The van der Waals surface area contributed by atoms with Gasteiger partial charge in [0, 0.05) is 13.6 Å². The molecule has 7 heteroatoms. The Morgan fingerprint density at radius 1 is 1.29 bits per heavy atom. The molecular formula is C14H10N6O. The molecule has 0 fully saturated rings. The van der Waals surface area contributed by atoms with Gasteiger partial charge in [0.1, 0.15) is 23.9 Å². The number of carbonyl (C=O) groups excluding carboxylic acids is 1. The van der Waals surface area contributed by atoms with Gasteiger partial charge in [0.05, 0.1) is 11.4 Å². The van der Waals surface area contributed by atoms with Gasteiger partial charge in [-0.15, -0.1) is 0 Å². The van der Waals surface area contributed by atoms with Gasteiger partial charge in [-0.05, 0) is 11.6 Å². The number of amides is 2. The third kappa shape index (κ3) is 2.47. The summed E-state index contributed by atoms with van der Waals surface area (Å²) in [6, 6.07) is 10.1. The zero-order chi connectivity index (χ0) is 15.4. The lowest BCUT2D eigenvalue weighted by Gasteiger charge is -2.29. The molecule has 0 spiro atoms. The molecule has 7 nitrogen and oxygen atoms in total. The number of urea groups is 1. The number of nitriles is 3. The third-order valence-electron chi connectivity index (χ3n) is 3.03. The first kappa shape index (κ1) is 13.9. The number of allylic oxidation sites excluding steroid dienone is 2. The molecule has 1 aliphatic heterocycles. The third-order valence-corrected chi connectivity index (χ3v) is 3.03. The van der Waals surface area contributed by atoms with Crippen LogP contribution in [-0.2, 0) is 6.54 Å². The van der Waals surface area contributed by atoms with Crippen molar-refractivity contribution in [2.75, 3.05) is 17.3 Å². The predicted molar refractivity (Wildman–Crippen MR) is 74.6 cm³/mol. The lowest BCUT2D eigenvalue weighted by atomic mass is 10.1. The van der Waals surface area contributed by atoms with Gasteiger partial charge in [0.15, 0.2) is 5.57 Å². The molecular weight excluding hydrogens is 268 g/mol. The summed E-state index contributed by atoms with van der Waals surface area (Å²) in [5.74, 6) is 0. The summed E-state index contributed by atoms with van der Waals surface area (Å²) in [6.07, 6.45) is 0. The fourth-order valence-corrected chi connectivity index (χ4v) is 2.04. The van der Waals surface area contributed by atoms with Crippen LogP contribution in [0, 0.1) is 34.0 Å². The quantitative estimate of drug-likeness (QED) is 0.797. The zero-order valence-electron chi connectivity index (χ0n) is 11.1. The maximum atomic E-state index is 11.7. The molecule has 0 saturated carbocycles. The van der Waals surface area contributed by atoms with Gasteiger partial charge in [-0.2, -0.15) is 15.8 Å². The lowest BCUT2D eigenvalue weighted by molar-refractivity contribution is 0.246. The summed E-state index contributed by atoms with van der Waals surface area (Å²) in [6.45, 7) is 0.378. The van der Waals surface area contributed by atoms with Crippen LogP contribution in [0.25, 0.3) is 0 Å². The van der Waals surface area contributed by atoms with E-state index >= 15 is 0 Å². The molecule has 2 amide bonds. The van der Waals surface area contributed by atoms with Crippen LogP contribution in [0.5, 0.6) is 0 Å². The van der Waals surface area contributed by atoms with E-state index < -0.39 is 0 Å². The van der Waals surface area contributed by atoms with Crippen LogP contribution in [-0.4, -0.2) is 13.1 Å². The number of carbonyl (C=O) groups is 1. The van der Waals surface area contributed by atoms with E-state index in [1.54, 1.807) is 37.4 Å². The van der Waals surface area contributed by atoms with E-state index in [9.17, 15) is 4.79 Å². The number of hydrogen-bond donors (Lipinski definition) is 2. The molecule has 0 unspecified atom stereocenters. The average Bonchev–Trinajstić information content (AvgIpc) is 2.51. The summed E-state index contributed by atoms with van der Waals surface area (Å²) in [7, 11) is 1.60. The molecule has 21 heavy (non-hydrogen) atoms. The first-order valence-electron chi connectivity index (χ1n) is 5.97. The highest BCUT2D eigenvalue weighted by Crippen LogP contribution is 2.32. The van der Waals surface area contributed by atoms with Crippen molar-refractivity contribution in [2.24, 2.45) is 0 Å². The minimum absolute atomic E-state index is 0.146. The van der Waals surface area contributed by atoms with Crippen molar-refractivity contribution in [3.63, 3.8) is 0 Å². The number of benzene rings is 1. The van der Waals surface area contributed by atoms with Gasteiger partial charge >= 0.3 is 6.03 Å². The Morgan fingerprint density at radius 3 is 2.62 bits per heavy atom. The molecule has 1 aromatic rings. The Hall–Kier alpha value is -3.50. The number of anilines is 2. The topological polar surface area (TPSA) is 116 Å². The molecule has 2 N–H and O–H groups in total. The van der Waals surface area contributed by atoms with Gasteiger partial charge < -0.3 is 10.6 Å². The minimum atomic E-state index is -0.307. The van der Waals surface area contributed by atoms with Gasteiger partial charge in [-0.1, -0.05) is 12.1 Å². The van der Waals surface area contributed by atoms with E-state index in [4.69, 9.17) is 15.8 Å². The van der Waals surface area contributed by atoms with Crippen LogP contribution in [0.3, 0.4) is 0 Å². The summed E-state index contributed by atoms with van der Waals surface area (Å²) < 4.78 is 0. The second-order valence-electron chi connectivity index (χ2n) is 4.24. The molecule has 1 aliphatic rings. The van der Waals surface area contributed by atoms with Crippen molar-refractivity contribution in [1.82, 2.24) is 5.32 Å². The molecule has 0 radical (unpaired) electrons. The molecule has 1 heterocycles. The van der Waals surface area contributed by atoms with E-state index in [2.05, 4.69) is 10.6 Å². The Balaban J connectivity index is 2.51. The van der Waals surface area contributed by atoms with Crippen molar-refractivity contribution < 1.29 is 4.79 Å². The number of para-hydroxylation sites is 1. The fourth-order valence-electron chi connectivity index (χ4n) is 2.04. The highest BCUT2D eigenvalue weighted by atomic mass is 16.2. The molecule has 0 saturated heterocycles. The largest absolute Gasteiger partial charge is 0.343 e. The van der Waals surface area contributed by atoms with Crippen LogP contribution in [0.2, 0.25) is 0 Å². The van der Waals surface area contributed by atoms with Crippen LogP contribution in [0.15, 0.2) is 29.5 Å². The van der Waals surface area contributed by atoms with Gasteiger partial charge in [0.2, 0.25) is 0 Å². The monoisotopic (exact) mass is 278 g/mol.